The van der Waals surface area contributed by atoms with Crippen molar-refractivity contribution in [2.75, 3.05) is 5.32 Å². The summed E-state index contributed by atoms with van der Waals surface area (Å²) >= 11 is 0. The summed E-state index contributed by atoms with van der Waals surface area (Å²) in [5, 5.41) is 10.8. The summed E-state index contributed by atoms with van der Waals surface area (Å²) < 4.78 is 0. The number of fused-ring (bicyclic) bond motifs is 1. The van der Waals surface area contributed by atoms with Gasteiger partial charge in [-0.1, -0.05) is 17.2 Å². The van der Waals surface area contributed by atoms with Crippen LogP contribution in [-0.4, -0.2) is 16.1 Å². The molecule has 0 saturated carbocycles. The summed E-state index contributed by atoms with van der Waals surface area (Å²) in [6.07, 6.45) is 1.75. The Kier molecular flexibility index (Phi) is 2.99. The smallest absolute Gasteiger partial charge is 0.255 e. The van der Waals surface area contributed by atoms with Crippen LogP contribution in [0.25, 0.3) is 10.9 Å². The van der Waals surface area contributed by atoms with Gasteiger partial charge in [0.2, 0.25) is 0 Å². The van der Waals surface area contributed by atoms with Gasteiger partial charge in [-0.05, 0) is 44.2 Å². The van der Waals surface area contributed by atoms with Crippen LogP contribution < -0.4 is 5.32 Å². The number of aromatic nitrogens is 2. The number of benzene rings is 2. The van der Waals surface area contributed by atoms with Gasteiger partial charge in [0.25, 0.3) is 5.91 Å². The number of H-pyrrole nitrogens is 1. The minimum atomic E-state index is -0.101. The lowest BCUT2D eigenvalue weighted by Crippen LogP contribution is -2.12. The van der Waals surface area contributed by atoms with Crippen molar-refractivity contribution in [3.8, 4) is 0 Å². The quantitative estimate of drug-likeness (QED) is 0.745. The molecular weight excluding hydrogens is 250 g/mol. The van der Waals surface area contributed by atoms with E-state index in [-0.39, 0.29) is 5.91 Å². The molecule has 3 rings (SSSR count). The van der Waals surface area contributed by atoms with E-state index in [0.717, 1.165) is 27.7 Å². The summed E-state index contributed by atoms with van der Waals surface area (Å²) in [6, 6.07) is 11.5. The maximum atomic E-state index is 12.3. The highest BCUT2D eigenvalue weighted by atomic mass is 16.1. The van der Waals surface area contributed by atoms with E-state index in [1.54, 1.807) is 6.20 Å². The van der Waals surface area contributed by atoms with Crippen molar-refractivity contribution >= 4 is 22.5 Å². The predicted molar refractivity (Wildman–Crippen MR) is 80.0 cm³/mol. The van der Waals surface area contributed by atoms with Crippen molar-refractivity contribution in [1.82, 2.24) is 10.2 Å². The molecule has 2 aromatic carbocycles. The lowest BCUT2D eigenvalue weighted by atomic mass is 10.1. The highest BCUT2D eigenvalue weighted by Crippen LogP contribution is 2.18. The molecule has 2 N–H and O–H groups in total. The van der Waals surface area contributed by atoms with Gasteiger partial charge in [-0.25, -0.2) is 0 Å². The predicted octanol–water partition coefficient (Wildman–Crippen LogP) is 3.43. The molecule has 0 aliphatic heterocycles. The minimum absolute atomic E-state index is 0.101. The highest BCUT2D eigenvalue weighted by Gasteiger charge is 2.08. The second-order valence-corrected chi connectivity index (χ2v) is 5.00. The molecule has 20 heavy (non-hydrogen) atoms. The maximum absolute atomic E-state index is 12.3. The van der Waals surface area contributed by atoms with E-state index >= 15 is 0 Å². The van der Waals surface area contributed by atoms with Crippen LogP contribution in [0.15, 0.2) is 42.6 Å². The number of carbonyl (C=O) groups is 1. The van der Waals surface area contributed by atoms with Crippen molar-refractivity contribution in [2.45, 2.75) is 13.8 Å². The molecular formula is C16H15N3O. The molecule has 0 aliphatic rings. The fourth-order valence-electron chi connectivity index (χ4n) is 2.32. The number of hydrogen-bond donors (Lipinski definition) is 2. The molecule has 1 heterocycles. The van der Waals surface area contributed by atoms with Gasteiger partial charge in [-0.3, -0.25) is 9.89 Å². The number of carbonyl (C=O) groups excluding carboxylic acids is 1. The van der Waals surface area contributed by atoms with Crippen LogP contribution in [-0.2, 0) is 0 Å². The molecule has 4 heteroatoms. The lowest BCUT2D eigenvalue weighted by molar-refractivity contribution is 0.102. The minimum Gasteiger partial charge on any atom is -0.322 e. The molecule has 0 aliphatic carbocycles. The largest absolute Gasteiger partial charge is 0.322 e. The Labute approximate surface area is 116 Å². The van der Waals surface area contributed by atoms with Crippen LogP contribution in [0.2, 0.25) is 0 Å². The van der Waals surface area contributed by atoms with Gasteiger partial charge in [0, 0.05) is 16.6 Å². The normalized spacial score (nSPS) is 10.7. The lowest BCUT2D eigenvalue weighted by Gasteiger charge is -2.07. The number of rotatable bonds is 2. The van der Waals surface area contributed by atoms with Crippen LogP contribution in [0, 0.1) is 13.8 Å². The molecule has 0 bridgehead atoms. The summed E-state index contributed by atoms with van der Waals surface area (Å²) in [4.78, 5) is 12.3. The average Bonchev–Trinajstić information content (AvgIpc) is 2.85. The standard InChI is InChI=1S/C16H15N3O/c1-10-5-11(2)7-13(6-10)16(20)18-14-4-3-12-9-17-19-15(12)8-14/h3-9H,1-2H3,(H,17,19)(H,18,20). The molecule has 0 fully saturated rings. The SMILES string of the molecule is Cc1cc(C)cc(C(=O)Nc2ccc3cn[nH]c3c2)c1. The van der Waals surface area contributed by atoms with Crippen molar-refractivity contribution in [1.29, 1.82) is 0 Å². The topological polar surface area (TPSA) is 57.8 Å². The van der Waals surface area contributed by atoms with Crippen LogP contribution in [0.1, 0.15) is 21.5 Å². The Morgan fingerprint density at radius 3 is 2.60 bits per heavy atom. The number of amides is 1. The van der Waals surface area contributed by atoms with E-state index in [9.17, 15) is 4.79 Å². The molecule has 0 unspecified atom stereocenters. The van der Waals surface area contributed by atoms with E-state index in [0.29, 0.717) is 5.56 Å². The first-order chi connectivity index (χ1) is 9.61. The zero-order valence-electron chi connectivity index (χ0n) is 11.4. The van der Waals surface area contributed by atoms with E-state index in [4.69, 9.17) is 0 Å². The molecule has 0 spiro atoms. The number of nitrogens with zero attached hydrogens (tertiary/aromatic N) is 1. The fraction of sp³-hybridized carbons (Fsp3) is 0.125. The van der Waals surface area contributed by atoms with Crippen LogP contribution >= 0.6 is 0 Å². The molecule has 1 aromatic heterocycles. The third kappa shape index (κ3) is 2.40. The molecule has 4 nitrogen and oxygen atoms in total. The Bertz CT molecular complexity index is 769. The molecule has 0 radical (unpaired) electrons. The third-order valence-corrected chi connectivity index (χ3v) is 3.18. The molecule has 3 aromatic rings. The van der Waals surface area contributed by atoms with E-state index in [1.807, 2.05) is 50.2 Å². The van der Waals surface area contributed by atoms with Crippen molar-refractivity contribution in [2.24, 2.45) is 0 Å². The number of nitrogens with one attached hydrogen (secondary N) is 2. The van der Waals surface area contributed by atoms with Gasteiger partial charge < -0.3 is 5.32 Å². The second kappa shape index (κ2) is 4.81. The molecule has 0 saturated heterocycles. The van der Waals surface area contributed by atoms with Gasteiger partial charge >= 0.3 is 0 Å². The molecule has 1 amide bonds. The maximum Gasteiger partial charge on any atom is 0.255 e. The fourth-order valence-corrected chi connectivity index (χ4v) is 2.32. The Balaban J connectivity index is 1.87. The number of aryl methyl sites for hydroxylation is 2. The zero-order chi connectivity index (χ0) is 14.1. The van der Waals surface area contributed by atoms with Gasteiger partial charge in [0.1, 0.15) is 0 Å². The monoisotopic (exact) mass is 265 g/mol. The van der Waals surface area contributed by atoms with Gasteiger partial charge in [-0.15, -0.1) is 0 Å². The van der Waals surface area contributed by atoms with Crippen molar-refractivity contribution < 1.29 is 4.79 Å². The Hall–Kier alpha value is -2.62. The Morgan fingerprint density at radius 2 is 1.85 bits per heavy atom. The second-order valence-electron chi connectivity index (χ2n) is 5.00. The first-order valence-electron chi connectivity index (χ1n) is 6.44. The van der Waals surface area contributed by atoms with Crippen LogP contribution in [0.5, 0.6) is 0 Å². The van der Waals surface area contributed by atoms with Crippen molar-refractivity contribution in [3.05, 3.63) is 59.3 Å². The van der Waals surface area contributed by atoms with E-state index < -0.39 is 0 Å². The van der Waals surface area contributed by atoms with Gasteiger partial charge in [-0.2, -0.15) is 5.10 Å². The van der Waals surface area contributed by atoms with Crippen LogP contribution in [0.3, 0.4) is 0 Å². The van der Waals surface area contributed by atoms with E-state index in [2.05, 4.69) is 15.5 Å². The highest BCUT2D eigenvalue weighted by molar-refractivity contribution is 6.05. The first-order valence-corrected chi connectivity index (χ1v) is 6.44. The summed E-state index contributed by atoms with van der Waals surface area (Å²) in [7, 11) is 0. The summed E-state index contributed by atoms with van der Waals surface area (Å²) in [6.45, 7) is 3.97. The summed E-state index contributed by atoms with van der Waals surface area (Å²) in [5.74, 6) is -0.101. The summed E-state index contributed by atoms with van der Waals surface area (Å²) in [5.41, 5.74) is 4.50. The molecule has 100 valence electrons. The van der Waals surface area contributed by atoms with E-state index in [1.165, 1.54) is 0 Å². The van der Waals surface area contributed by atoms with Gasteiger partial charge in [0.05, 0.1) is 11.7 Å². The average molecular weight is 265 g/mol. The zero-order valence-corrected chi connectivity index (χ0v) is 11.4. The number of hydrogen-bond acceptors (Lipinski definition) is 2. The van der Waals surface area contributed by atoms with Gasteiger partial charge in [0.15, 0.2) is 0 Å². The first kappa shape index (κ1) is 12.4. The number of aromatic amines is 1. The van der Waals surface area contributed by atoms with Crippen molar-refractivity contribution in [3.63, 3.8) is 0 Å². The Morgan fingerprint density at radius 1 is 1.10 bits per heavy atom. The molecule has 0 atom stereocenters. The van der Waals surface area contributed by atoms with Crippen LogP contribution in [0.4, 0.5) is 5.69 Å². The third-order valence-electron chi connectivity index (χ3n) is 3.18. The number of anilines is 1.